The van der Waals surface area contributed by atoms with E-state index < -0.39 is 10.0 Å². The first-order valence-corrected chi connectivity index (χ1v) is 10.2. The maximum Gasteiger partial charge on any atom is 0.243 e. The first-order valence-electron chi connectivity index (χ1n) is 7.98. The van der Waals surface area contributed by atoms with Crippen LogP contribution in [-0.2, 0) is 21.4 Å². The van der Waals surface area contributed by atoms with E-state index in [1.54, 1.807) is 24.3 Å². The standard InChI is InChI=1S/C18H20Cl2N2O3S/c1-13(2)21-18(23)12-22(11-14-3-5-15(19)6-4-14)26(24,25)17-9-7-16(20)8-10-17/h3-10,13H,11-12H2,1-2H3,(H,21,23). The minimum absolute atomic E-state index is 0.0492. The Hall–Kier alpha value is -1.60. The van der Waals surface area contributed by atoms with Crippen molar-refractivity contribution in [1.82, 2.24) is 9.62 Å². The molecule has 1 N–H and O–H groups in total. The van der Waals surface area contributed by atoms with Gasteiger partial charge in [-0.25, -0.2) is 8.42 Å². The molecule has 0 unspecified atom stereocenters. The van der Waals surface area contributed by atoms with Gasteiger partial charge in [0, 0.05) is 22.6 Å². The van der Waals surface area contributed by atoms with Gasteiger partial charge in [0.1, 0.15) is 0 Å². The number of halogens is 2. The number of sulfonamides is 1. The Labute approximate surface area is 164 Å². The van der Waals surface area contributed by atoms with Crippen molar-refractivity contribution < 1.29 is 13.2 Å². The molecule has 0 heterocycles. The molecule has 8 heteroatoms. The predicted molar refractivity (Wildman–Crippen MR) is 104 cm³/mol. The molecule has 140 valence electrons. The molecule has 0 aliphatic rings. The molecule has 0 aliphatic carbocycles. The van der Waals surface area contributed by atoms with Gasteiger partial charge >= 0.3 is 0 Å². The monoisotopic (exact) mass is 414 g/mol. The van der Waals surface area contributed by atoms with Gasteiger partial charge in [0.15, 0.2) is 0 Å². The summed E-state index contributed by atoms with van der Waals surface area (Å²) < 4.78 is 27.2. The molecular weight excluding hydrogens is 395 g/mol. The van der Waals surface area contributed by atoms with Crippen LogP contribution in [0.4, 0.5) is 0 Å². The van der Waals surface area contributed by atoms with E-state index in [1.165, 1.54) is 24.3 Å². The van der Waals surface area contributed by atoms with Gasteiger partial charge < -0.3 is 5.32 Å². The first kappa shape index (κ1) is 20.7. The lowest BCUT2D eigenvalue weighted by Gasteiger charge is -2.22. The van der Waals surface area contributed by atoms with Crippen molar-refractivity contribution in [2.45, 2.75) is 31.3 Å². The van der Waals surface area contributed by atoms with Crippen LogP contribution in [0.15, 0.2) is 53.4 Å². The highest BCUT2D eigenvalue weighted by molar-refractivity contribution is 7.89. The summed E-state index contributed by atoms with van der Waals surface area (Å²) in [6.07, 6.45) is 0. The average molecular weight is 415 g/mol. The van der Waals surface area contributed by atoms with Crippen LogP contribution in [0.1, 0.15) is 19.4 Å². The summed E-state index contributed by atoms with van der Waals surface area (Å²) in [5, 5.41) is 3.70. The highest BCUT2D eigenvalue weighted by Crippen LogP contribution is 2.21. The topological polar surface area (TPSA) is 66.5 Å². The fourth-order valence-corrected chi connectivity index (χ4v) is 3.94. The van der Waals surface area contributed by atoms with Gasteiger partial charge in [-0.2, -0.15) is 4.31 Å². The first-order chi connectivity index (χ1) is 12.2. The van der Waals surface area contributed by atoms with Gasteiger partial charge in [0.05, 0.1) is 11.4 Å². The summed E-state index contributed by atoms with van der Waals surface area (Å²) in [5.74, 6) is -0.369. The van der Waals surface area contributed by atoms with Crippen LogP contribution in [0.5, 0.6) is 0 Å². The van der Waals surface area contributed by atoms with Gasteiger partial charge in [-0.05, 0) is 55.8 Å². The summed E-state index contributed by atoms with van der Waals surface area (Å²) in [6.45, 7) is 3.39. The number of nitrogens with one attached hydrogen (secondary N) is 1. The highest BCUT2D eigenvalue weighted by atomic mass is 35.5. The van der Waals surface area contributed by atoms with E-state index in [2.05, 4.69) is 5.32 Å². The smallest absolute Gasteiger partial charge is 0.243 e. The van der Waals surface area contributed by atoms with Gasteiger partial charge in [-0.1, -0.05) is 35.3 Å². The molecular formula is C18H20Cl2N2O3S. The largest absolute Gasteiger partial charge is 0.353 e. The number of hydrogen-bond acceptors (Lipinski definition) is 3. The Balaban J connectivity index is 2.33. The maximum absolute atomic E-state index is 13.0. The van der Waals surface area contributed by atoms with Gasteiger partial charge in [0.2, 0.25) is 15.9 Å². The van der Waals surface area contributed by atoms with Crippen LogP contribution >= 0.6 is 23.2 Å². The van der Waals surface area contributed by atoms with Crippen molar-refractivity contribution in [1.29, 1.82) is 0 Å². The zero-order valence-electron chi connectivity index (χ0n) is 14.4. The summed E-state index contributed by atoms with van der Waals surface area (Å²) in [5.41, 5.74) is 0.726. The lowest BCUT2D eigenvalue weighted by atomic mass is 10.2. The quantitative estimate of drug-likeness (QED) is 0.750. The summed E-state index contributed by atoms with van der Waals surface area (Å²) in [6, 6.07) is 12.6. The number of benzene rings is 2. The molecule has 5 nitrogen and oxygen atoms in total. The molecule has 0 saturated carbocycles. The molecule has 26 heavy (non-hydrogen) atoms. The van der Waals surface area contributed by atoms with Crippen LogP contribution in [-0.4, -0.2) is 31.2 Å². The van der Waals surface area contributed by atoms with E-state index in [-0.39, 0.29) is 29.9 Å². The third kappa shape index (κ3) is 5.71. The van der Waals surface area contributed by atoms with E-state index in [4.69, 9.17) is 23.2 Å². The minimum Gasteiger partial charge on any atom is -0.353 e. The second-order valence-electron chi connectivity index (χ2n) is 6.08. The third-order valence-corrected chi connectivity index (χ3v) is 5.80. The van der Waals surface area contributed by atoms with Crippen molar-refractivity contribution in [3.8, 4) is 0 Å². The Kier molecular flexibility index (Phi) is 7.06. The third-order valence-electron chi connectivity index (χ3n) is 3.49. The molecule has 2 rings (SSSR count). The van der Waals surface area contributed by atoms with Crippen molar-refractivity contribution >= 4 is 39.1 Å². The summed E-state index contributed by atoms with van der Waals surface area (Å²) in [7, 11) is -3.88. The maximum atomic E-state index is 13.0. The molecule has 0 saturated heterocycles. The number of carbonyl (C=O) groups excluding carboxylic acids is 1. The summed E-state index contributed by atoms with van der Waals surface area (Å²) in [4.78, 5) is 12.3. The van der Waals surface area contributed by atoms with E-state index >= 15 is 0 Å². The number of hydrogen-bond donors (Lipinski definition) is 1. The van der Waals surface area contributed by atoms with Crippen LogP contribution in [0.3, 0.4) is 0 Å². The number of amides is 1. The van der Waals surface area contributed by atoms with Gasteiger partial charge in [-0.15, -0.1) is 0 Å². The number of carbonyl (C=O) groups is 1. The molecule has 2 aromatic carbocycles. The van der Waals surface area contributed by atoms with Gasteiger partial charge in [0.25, 0.3) is 0 Å². The highest BCUT2D eigenvalue weighted by Gasteiger charge is 2.27. The molecule has 0 aromatic heterocycles. The Morgan fingerprint density at radius 3 is 2.00 bits per heavy atom. The second kappa shape index (κ2) is 8.86. The zero-order valence-corrected chi connectivity index (χ0v) is 16.8. The van der Waals surface area contributed by atoms with Crippen LogP contribution in [0.25, 0.3) is 0 Å². The van der Waals surface area contributed by atoms with Crippen molar-refractivity contribution in [2.24, 2.45) is 0 Å². The Morgan fingerprint density at radius 2 is 1.50 bits per heavy atom. The fourth-order valence-electron chi connectivity index (χ4n) is 2.30. The molecule has 0 radical (unpaired) electrons. The lowest BCUT2D eigenvalue weighted by molar-refractivity contribution is -0.121. The van der Waals surface area contributed by atoms with Crippen LogP contribution < -0.4 is 5.32 Å². The Morgan fingerprint density at radius 1 is 1.00 bits per heavy atom. The fraction of sp³-hybridized carbons (Fsp3) is 0.278. The average Bonchev–Trinajstić information content (AvgIpc) is 2.56. The lowest BCUT2D eigenvalue weighted by Crippen LogP contribution is -2.42. The van der Waals surface area contributed by atoms with E-state index in [0.717, 1.165) is 9.87 Å². The van der Waals surface area contributed by atoms with Crippen molar-refractivity contribution in [3.05, 3.63) is 64.1 Å². The van der Waals surface area contributed by atoms with E-state index in [0.29, 0.717) is 10.0 Å². The zero-order chi connectivity index (χ0) is 19.3. The van der Waals surface area contributed by atoms with E-state index in [9.17, 15) is 13.2 Å². The molecule has 0 atom stereocenters. The normalized spacial score (nSPS) is 11.8. The van der Waals surface area contributed by atoms with Gasteiger partial charge in [-0.3, -0.25) is 4.79 Å². The minimum atomic E-state index is -3.88. The molecule has 0 aliphatic heterocycles. The SMILES string of the molecule is CC(C)NC(=O)CN(Cc1ccc(Cl)cc1)S(=O)(=O)c1ccc(Cl)cc1. The molecule has 0 fully saturated rings. The molecule has 2 aromatic rings. The molecule has 0 spiro atoms. The number of rotatable bonds is 7. The molecule has 0 bridgehead atoms. The van der Waals surface area contributed by atoms with Crippen LogP contribution in [0.2, 0.25) is 10.0 Å². The molecule has 1 amide bonds. The van der Waals surface area contributed by atoms with Crippen molar-refractivity contribution in [2.75, 3.05) is 6.54 Å². The number of nitrogens with zero attached hydrogens (tertiary/aromatic N) is 1. The van der Waals surface area contributed by atoms with Crippen LogP contribution in [0, 0.1) is 0 Å². The van der Waals surface area contributed by atoms with E-state index in [1.807, 2.05) is 13.8 Å². The summed E-state index contributed by atoms with van der Waals surface area (Å²) >= 11 is 11.7. The van der Waals surface area contributed by atoms with Crippen molar-refractivity contribution in [3.63, 3.8) is 0 Å². The Bertz CT molecular complexity index is 851. The second-order valence-corrected chi connectivity index (χ2v) is 8.89. The predicted octanol–water partition coefficient (Wildman–Crippen LogP) is 3.71.